The van der Waals surface area contributed by atoms with Gasteiger partial charge >= 0.3 is 6.18 Å². The highest BCUT2D eigenvalue weighted by Gasteiger charge is 2.48. The molecule has 0 radical (unpaired) electrons. The molecule has 0 amide bonds. The molecular formula is C13H17F3N2. The number of nitrogens with one attached hydrogen (secondary N) is 1. The van der Waals surface area contributed by atoms with Crippen LogP contribution >= 0.6 is 0 Å². The fraction of sp³-hybridized carbons (Fsp3) is 0.538. The molecule has 0 saturated carbocycles. The number of likely N-dealkylation sites (N-methyl/N-ethyl adjacent to an activating group) is 1. The highest BCUT2D eigenvalue weighted by molar-refractivity contribution is 5.15. The molecule has 2 rings (SSSR count). The Hall–Kier alpha value is -1.07. The lowest BCUT2D eigenvalue weighted by Gasteiger charge is -2.20. The molecule has 1 aromatic rings. The van der Waals surface area contributed by atoms with Crippen molar-refractivity contribution in [3.05, 3.63) is 35.9 Å². The monoisotopic (exact) mass is 258 g/mol. The molecule has 0 unspecified atom stereocenters. The van der Waals surface area contributed by atoms with Crippen molar-refractivity contribution in [2.45, 2.75) is 18.8 Å². The number of benzene rings is 1. The lowest BCUT2D eigenvalue weighted by molar-refractivity contribution is -0.175. The van der Waals surface area contributed by atoms with Crippen LogP contribution in [0.5, 0.6) is 0 Å². The molecule has 0 aliphatic carbocycles. The molecule has 1 aliphatic rings. The van der Waals surface area contributed by atoms with Gasteiger partial charge in [0.25, 0.3) is 0 Å². The Bertz CT molecular complexity index is 378. The van der Waals surface area contributed by atoms with Gasteiger partial charge in [0.15, 0.2) is 0 Å². The predicted octanol–water partition coefficient (Wildman–Crippen LogP) is 2.27. The molecule has 1 aliphatic heterocycles. The molecule has 1 heterocycles. The third kappa shape index (κ3) is 3.03. The first-order valence-electron chi connectivity index (χ1n) is 6.01. The lowest BCUT2D eigenvalue weighted by atomic mass is 10.0. The second-order valence-corrected chi connectivity index (χ2v) is 4.72. The number of likely N-dealkylation sites (tertiary alicyclic amines) is 1. The average Bonchev–Trinajstić information content (AvgIpc) is 2.73. The summed E-state index contributed by atoms with van der Waals surface area (Å²) in [6, 6.07) is 9.09. The van der Waals surface area contributed by atoms with E-state index in [2.05, 4.69) is 5.32 Å². The molecule has 0 aromatic heterocycles. The normalized spacial score (nSPS) is 25.6. The van der Waals surface area contributed by atoms with Crippen LogP contribution in [0.15, 0.2) is 30.3 Å². The van der Waals surface area contributed by atoms with Gasteiger partial charge in [-0.2, -0.15) is 13.2 Å². The minimum atomic E-state index is -4.13. The zero-order chi connectivity index (χ0) is 13.2. The van der Waals surface area contributed by atoms with Crippen molar-refractivity contribution in [1.82, 2.24) is 10.2 Å². The van der Waals surface area contributed by atoms with Crippen LogP contribution < -0.4 is 5.32 Å². The number of hydrogen-bond acceptors (Lipinski definition) is 2. The Labute approximate surface area is 105 Å². The number of hydrogen-bond donors (Lipinski definition) is 1. The van der Waals surface area contributed by atoms with Crippen molar-refractivity contribution in [2.24, 2.45) is 5.92 Å². The maximum atomic E-state index is 12.8. The van der Waals surface area contributed by atoms with Crippen molar-refractivity contribution in [3.63, 3.8) is 0 Å². The van der Waals surface area contributed by atoms with Crippen molar-refractivity contribution < 1.29 is 13.2 Å². The number of alkyl halides is 3. The summed E-state index contributed by atoms with van der Waals surface area (Å²) in [7, 11) is 1.59. The first-order chi connectivity index (χ1) is 8.50. The van der Waals surface area contributed by atoms with E-state index in [-0.39, 0.29) is 6.54 Å². The molecule has 0 spiro atoms. The number of rotatable bonds is 3. The molecule has 1 N–H and O–H groups in total. The van der Waals surface area contributed by atoms with Gasteiger partial charge in [-0.05, 0) is 12.6 Å². The van der Waals surface area contributed by atoms with Crippen LogP contribution in [0.1, 0.15) is 5.56 Å². The fourth-order valence-electron chi connectivity index (χ4n) is 2.48. The van der Waals surface area contributed by atoms with E-state index in [0.29, 0.717) is 13.1 Å². The number of nitrogens with zero attached hydrogens (tertiary/aromatic N) is 1. The van der Waals surface area contributed by atoms with Crippen LogP contribution in [0.4, 0.5) is 13.2 Å². The molecule has 1 fully saturated rings. The molecule has 0 bridgehead atoms. The highest BCUT2D eigenvalue weighted by Crippen LogP contribution is 2.34. The Morgan fingerprint density at radius 2 is 1.89 bits per heavy atom. The van der Waals surface area contributed by atoms with Crippen LogP contribution in [0.3, 0.4) is 0 Å². The standard InChI is InChI=1S/C13H17F3N2/c1-17-12-9-18(8-11(12)13(14,15)16)7-10-5-3-2-4-6-10/h2-6,11-12,17H,7-9H2,1H3/t11-,12-/m0/s1. The smallest absolute Gasteiger partial charge is 0.315 e. The summed E-state index contributed by atoms with van der Waals surface area (Å²) in [4.78, 5) is 1.86. The summed E-state index contributed by atoms with van der Waals surface area (Å²) < 4.78 is 38.5. The fourth-order valence-corrected chi connectivity index (χ4v) is 2.48. The Morgan fingerprint density at radius 1 is 1.22 bits per heavy atom. The minimum Gasteiger partial charge on any atom is -0.315 e. The van der Waals surface area contributed by atoms with Crippen LogP contribution in [0, 0.1) is 5.92 Å². The van der Waals surface area contributed by atoms with Gasteiger partial charge < -0.3 is 5.32 Å². The molecule has 2 atom stereocenters. The molecular weight excluding hydrogens is 241 g/mol. The van der Waals surface area contributed by atoms with E-state index in [0.717, 1.165) is 5.56 Å². The summed E-state index contributed by atoms with van der Waals surface area (Å²) in [5.41, 5.74) is 1.05. The maximum Gasteiger partial charge on any atom is 0.394 e. The van der Waals surface area contributed by atoms with Gasteiger partial charge in [0.05, 0.1) is 5.92 Å². The van der Waals surface area contributed by atoms with Gasteiger partial charge in [-0.25, -0.2) is 0 Å². The molecule has 100 valence electrons. The van der Waals surface area contributed by atoms with Crippen LogP contribution in [-0.4, -0.2) is 37.3 Å². The molecule has 18 heavy (non-hydrogen) atoms. The quantitative estimate of drug-likeness (QED) is 0.894. The third-order valence-electron chi connectivity index (χ3n) is 3.44. The zero-order valence-corrected chi connectivity index (χ0v) is 10.2. The van der Waals surface area contributed by atoms with Crippen LogP contribution in [0.2, 0.25) is 0 Å². The Morgan fingerprint density at radius 3 is 2.39 bits per heavy atom. The summed E-state index contributed by atoms with van der Waals surface area (Å²) in [5, 5.41) is 2.77. The zero-order valence-electron chi connectivity index (χ0n) is 10.2. The van der Waals surface area contributed by atoms with E-state index < -0.39 is 18.1 Å². The second-order valence-electron chi connectivity index (χ2n) is 4.72. The van der Waals surface area contributed by atoms with Gasteiger partial charge in [0, 0.05) is 25.7 Å². The van der Waals surface area contributed by atoms with E-state index in [1.807, 2.05) is 35.2 Å². The Balaban J connectivity index is 2.01. The first-order valence-corrected chi connectivity index (χ1v) is 6.01. The van der Waals surface area contributed by atoms with E-state index >= 15 is 0 Å². The molecule has 5 heteroatoms. The van der Waals surface area contributed by atoms with Gasteiger partial charge in [-0.15, -0.1) is 0 Å². The van der Waals surface area contributed by atoms with E-state index in [4.69, 9.17) is 0 Å². The Kier molecular flexibility index (Phi) is 3.92. The van der Waals surface area contributed by atoms with E-state index in [1.165, 1.54) is 0 Å². The topological polar surface area (TPSA) is 15.3 Å². The van der Waals surface area contributed by atoms with Gasteiger partial charge in [-0.1, -0.05) is 30.3 Å². The maximum absolute atomic E-state index is 12.8. The summed E-state index contributed by atoms with van der Waals surface area (Å²) in [6.07, 6.45) is -4.13. The SMILES string of the molecule is CN[C@H]1CN(Cc2ccccc2)C[C@@H]1C(F)(F)F. The van der Waals surface area contributed by atoms with Crippen molar-refractivity contribution >= 4 is 0 Å². The van der Waals surface area contributed by atoms with Crippen LogP contribution in [0.25, 0.3) is 0 Å². The third-order valence-corrected chi connectivity index (χ3v) is 3.44. The van der Waals surface area contributed by atoms with Crippen molar-refractivity contribution in [3.8, 4) is 0 Å². The van der Waals surface area contributed by atoms with Gasteiger partial charge in [0.1, 0.15) is 0 Å². The molecule has 2 nitrogen and oxygen atoms in total. The second kappa shape index (κ2) is 5.28. The minimum absolute atomic E-state index is 0.0733. The molecule has 1 saturated heterocycles. The average molecular weight is 258 g/mol. The van der Waals surface area contributed by atoms with Crippen molar-refractivity contribution in [1.29, 1.82) is 0 Å². The summed E-state index contributed by atoms with van der Waals surface area (Å²) in [5.74, 6) is -1.27. The summed E-state index contributed by atoms with van der Waals surface area (Å²) >= 11 is 0. The first kappa shape index (κ1) is 13.4. The summed E-state index contributed by atoms with van der Waals surface area (Å²) in [6.45, 7) is 1.09. The van der Waals surface area contributed by atoms with Gasteiger partial charge in [0.2, 0.25) is 0 Å². The lowest BCUT2D eigenvalue weighted by Crippen LogP contribution is -2.40. The molecule has 1 aromatic carbocycles. The predicted molar refractivity (Wildman–Crippen MR) is 64.1 cm³/mol. The highest BCUT2D eigenvalue weighted by atomic mass is 19.4. The number of halogens is 3. The van der Waals surface area contributed by atoms with Crippen molar-refractivity contribution in [2.75, 3.05) is 20.1 Å². The largest absolute Gasteiger partial charge is 0.394 e. The van der Waals surface area contributed by atoms with Gasteiger partial charge in [-0.3, -0.25) is 4.90 Å². The van der Waals surface area contributed by atoms with E-state index in [1.54, 1.807) is 7.05 Å². The van der Waals surface area contributed by atoms with Crippen LogP contribution in [-0.2, 0) is 6.54 Å². The van der Waals surface area contributed by atoms with E-state index in [9.17, 15) is 13.2 Å².